The number of rotatable bonds is 1. The van der Waals surface area contributed by atoms with Crippen molar-refractivity contribution in [1.82, 2.24) is 0 Å². The Morgan fingerprint density at radius 2 is 2.00 bits per heavy atom. The van der Waals surface area contributed by atoms with Crippen molar-refractivity contribution in [2.24, 2.45) is 28.7 Å². The summed E-state index contributed by atoms with van der Waals surface area (Å²) in [6, 6.07) is 0. The molecule has 0 aromatic heterocycles. The molecule has 1 amide bonds. The molecule has 2 bridgehead atoms. The van der Waals surface area contributed by atoms with Gasteiger partial charge in [-0.25, -0.2) is 0 Å². The molecule has 3 unspecified atom stereocenters. The molecule has 13 heavy (non-hydrogen) atoms. The van der Waals surface area contributed by atoms with E-state index in [4.69, 9.17) is 11.5 Å². The molecular weight excluding hydrogens is 164 g/mol. The molecule has 3 rings (SSSR count). The van der Waals surface area contributed by atoms with Gasteiger partial charge in [-0.15, -0.1) is 0 Å². The second kappa shape index (κ2) is 2.27. The lowest BCUT2D eigenvalue weighted by Gasteiger charge is -2.65. The molecule has 3 aliphatic rings. The van der Waals surface area contributed by atoms with E-state index in [1.54, 1.807) is 0 Å². The minimum absolute atomic E-state index is 0.0248. The number of nitrogens with two attached hydrogens (primary N) is 2. The maximum atomic E-state index is 11.0. The molecule has 0 aliphatic heterocycles. The van der Waals surface area contributed by atoms with Crippen LogP contribution in [0.1, 0.15) is 33.1 Å². The van der Waals surface area contributed by atoms with Crippen LogP contribution >= 0.6 is 0 Å². The smallest absolute Gasteiger partial charge is 0.220 e. The molecular formula is C10H18N2O. The Morgan fingerprint density at radius 1 is 1.38 bits per heavy atom. The average molecular weight is 182 g/mol. The van der Waals surface area contributed by atoms with Crippen molar-refractivity contribution < 1.29 is 4.79 Å². The first kappa shape index (κ1) is 9.00. The molecule has 3 nitrogen and oxygen atoms in total. The van der Waals surface area contributed by atoms with E-state index in [0.717, 1.165) is 19.3 Å². The average Bonchev–Trinajstić information content (AvgIpc) is 2.03. The van der Waals surface area contributed by atoms with Crippen LogP contribution in [0.25, 0.3) is 0 Å². The van der Waals surface area contributed by atoms with Gasteiger partial charge < -0.3 is 11.5 Å². The maximum absolute atomic E-state index is 11.0. The van der Waals surface area contributed by atoms with Crippen LogP contribution in [0.2, 0.25) is 0 Å². The fourth-order valence-corrected chi connectivity index (χ4v) is 3.04. The van der Waals surface area contributed by atoms with Gasteiger partial charge in [0.2, 0.25) is 5.91 Å². The lowest BCUT2D eigenvalue weighted by molar-refractivity contribution is -0.142. The van der Waals surface area contributed by atoms with Gasteiger partial charge in [0.05, 0.1) is 0 Å². The predicted molar refractivity (Wildman–Crippen MR) is 50.7 cm³/mol. The molecule has 74 valence electrons. The fourth-order valence-electron chi connectivity index (χ4n) is 3.04. The van der Waals surface area contributed by atoms with Crippen LogP contribution in [-0.2, 0) is 4.79 Å². The Bertz CT molecular complexity index is 262. The highest BCUT2D eigenvalue weighted by molar-refractivity contribution is 5.77. The van der Waals surface area contributed by atoms with Gasteiger partial charge in [-0.2, -0.15) is 0 Å². The minimum atomic E-state index is -0.171. The third-order valence-corrected chi connectivity index (χ3v) is 4.50. The molecule has 0 saturated heterocycles. The van der Waals surface area contributed by atoms with Crippen molar-refractivity contribution in [2.45, 2.75) is 38.6 Å². The lowest BCUT2D eigenvalue weighted by atomic mass is 9.42. The lowest BCUT2D eigenvalue weighted by Crippen LogP contribution is -2.70. The van der Waals surface area contributed by atoms with E-state index in [1.165, 1.54) is 0 Å². The van der Waals surface area contributed by atoms with Gasteiger partial charge in [0, 0.05) is 11.5 Å². The van der Waals surface area contributed by atoms with Crippen molar-refractivity contribution >= 4 is 5.91 Å². The monoisotopic (exact) mass is 182 g/mol. The van der Waals surface area contributed by atoms with Crippen LogP contribution in [0, 0.1) is 17.3 Å². The van der Waals surface area contributed by atoms with Gasteiger partial charge in [-0.1, -0.05) is 13.8 Å². The van der Waals surface area contributed by atoms with Gasteiger partial charge in [0.15, 0.2) is 0 Å². The Hall–Kier alpha value is -0.570. The van der Waals surface area contributed by atoms with Crippen molar-refractivity contribution in [1.29, 1.82) is 0 Å². The first-order valence-corrected chi connectivity index (χ1v) is 4.95. The zero-order chi connectivity index (χ0) is 9.85. The topological polar surface area (TPSA) is 69.1 Å². The SMILES string of the molecule is CC1(C)C2CC(C(N)=O)CC1(N)C2. The molecule has 0 heterocycles. The summed E-state index contributed by atoms with van der Waals surface area (Å²) in [6.45, 7) is 4.41. The highest BCUT2D eigenvalue weighted by Gasteiger charge is 2.62. The van der Waals surface area contributed by atoms with Crippen LogP contribution in [0.3, 0.4) is 0 Å². The van der Waals surface area contributed by atoms with Crippen LogP contribution in [0.15, 0.2) is 0 Å². The summed E-state index contributed by atoms with van der Waals surface area (Å²) in [5.74, 6) is 0.454. The molecule has 4 N–H and O–H groups in total. The van der Waals surface area contributed by atoms with Crippen LogP contribution in [-0.4, -0.2) is 11.4 Å². The van der Waals surface area contributed by atoms with Crippen molar-refractivity contribution in [2.75, 3.05) is 0 Å². The van der Waals surface area contributed by atoms with E-state index in [2.05, 4.69) is 13.8 Å². The van der Waals surface area contributed by atoms with Gasteiger partial charge in [0.25, 0.3) is 0 Å². The minimum Gasteiger partial charge on any atom is -0.369 e. The summed E-state index contributed by atoms with van der Waals surface area (Å²) < 4.78 is 0. The van der Waals surface area contributed by atoms with E-state index in [9.17, 15) is 4.79 Å². The summed E-state index contributed by atoms with van der Waals surface area (Å²) in [5, 5.41) is 0. The van der Waals surface area contributed by atoms with Crippen LogP contribution < -0.4 is 11.5 Å². The van der Waals surface area contributed by atoms with Gasteiger partial charge >= 0.3 is 0 Å². The van der Waals surface area contributed by atoms with Gasteiger partial charge in [0.1, 0.15) is 0 Å². The maximum Gasteiger partial charge on any atom is 0.220 e. The zero-order valence-electron chi connectivity index (χ0n) is 8.34. The molecule has 0 aromatic carbocycles. The number of primary amides is 1. The summed E-state index contributed by atoms with van der Waals surface area (Å²) >= 11 is 0. The molecule has 0 aromatic rings. The van der Waals surface area contributed by atoms with E-state index >= 15 is 0 Å². The summed E-state index contributed by atoms with van der Waals surface area (Å²) in [5.41, 5.74) is 11.6. The Kier molecular flexibility index (Phi) is 1.57. The molecule has 3 saturated carbocycles. The van der Waals surface area contributed by atoms with E-state index in [0.29, 0.717) is 5.92 Å². The number of hydrogen-bond donors (Lipinski definition) is 2. The third-order valence-electron chi connectivity index (χ3n) is 4.50. The van der Waals surface area contributed by atoms with Crippen molar-refractivity contribution in [3.8, 4) is 0 Å². The number of carbonyl (C=O) groups is 1. The fraction of sp³-hybridized carbons (Fsp3) is 0.900. The van der Waals surface area contributed by atoms with Crippen LogP contribution in [0.4, 0.5) is 0 Å². The normalized spacial score (nSPS) is 46.7. The highest BCUT2D eigenvalue weighted by atomic mass is 16.1. The first-order chi connectivity index (χ1) is 5.87. The van der Waals surface area contributed by atoms with Crippen molar-refractivity contribution in [3.05, 3.63) is 0 Å². The third kappa shape index (κ3) is 0.966. The molecule has 3 heteroatoms. The second-order valence-corrected chi connectivity index (χ2v) is 5.32. The van der Waals surface area contributed by atoms with E-state index < -0.39 is 0 Å². The number of amides is 1. The van der Waals surface area contributed by atoms with Crippen LogP contribution in [0.5, 0.6) is 0 Å². The molecule has 3 atom stereocenters. The largest absolute Gasteiger partial charge is 0.369 e. The first-order valence-electron chi connectivity index (χ1n) is 4.95. The van der Waals surface area contributed by atoms with E-state index in [1.807, 2.05) is 0 Å². The predicted octanol–water partition coefficient (Wildman–Crippen LogP) is 0.625. The molecule has 0 spiro atoms. The summed E-state index contributed by atoms with van der Waals surface area (Å²) in [7, 11) is 0. The molecule has 3 fully saturated rings. The quantitative estimate of drug-likeness (QED) is 0.624. The summed E-state index contributed by atoms with van der Waals surface area (Å²) in [6.07, 6.45) is 2.80. The Labute approximate surface area is 78.9 Å². The van der Waals surface area contributed by atoms with Crippen molar-refractivity contribution in [3.63, 3.8) is 0 Å². The highest BCUT2D eigenvalue weighted by Crippen LogP contribution is 2.61. The zero-order valence-corrected chi connectivity index (χ0v) is 8.34. The number of hydrogen-bond acceptors (Lipinski definition) is 2. The van der Waals surface area contributed by atoms with Gasteiger partial charge in [-0.3, -0.25) is 4.79 Å². The Morgan fingerprint density at radius 3 is 2.38 bits per heavy atom. The molecule has 0 radical (unpaired) electrons. The summed E-state index contributed by atoms with van der Waals surface area (Å²) in [4.78, 5) is 11.0. The Balaban J connectivity index is 2.17. The molecule has 3 aliphatic carbocycles. The van der Waals surface area contributed by atoms with E-state index in [-0.39, 0.29) is 22.8 Å². The second-order valence-electron chi connectivity index (χ2n) is 5.32. The number of fused-ring (bicyclic) bond motifs is 2. The standard InChI is InChI=1S/C10H18N2O/c1-9(2)7-3-6(8(11)13)4-10(9,12)5-7/h6-7H,3-5,12H2,1-2H3,(H2,11,13). The number of carbonyl (C=O) groups excluding carboxylic acids is 1. The van der Waals surface area contributed by atoms with Gasteiger partial charge in [-0.05, 0) is 30.6 Å².